The number of ether oxygens (including phenoxy) is 1. The summed E-state index contributed by atoms with van der Waals surface area (Å²) >= 11 is 0. The van der Waals surface area contributed by atoms with Crippen LogP contribution in [0.5, 0.6) is 0 Å². The largest absolute Gasteiger partial charge is 0.377 e. The zero-order valence-electron chi connectivity index (χ0n) is 14.4. The van der Waals surface area contributed by atoms with Crippen LogP contribution in [0.15, 0.2) is 24.3 Å². The van der Waals surface area contributed by atoms with Gasteiger partial charge in [0.15, 0.2) is 5.69 Å². The Morgan fingerprint density at radius 2 is 2.12 bits per heavy atom. The Balaban J connectivity index is 0.00000225. The highest BCUT2D eigenvalue weighted by molar-refractivity contribution is 5.94. The molecule has 136 valence electrons. The van der Waals surface area contributed by atoms with Gasteiger partial charge in [0.25, 0.3) is 5.91 Å². The first-order valence-electron chi connectivity index (χ1n) is 8.49. The van der Waals surface area contributed by atoms with Crippen molar-refractivity contribution in [2.24, 2.45) is 0 Å². The molecule has 0 bridgehead atoms. The fourth-order valence-corrected chi connectivity index (χ4v) is 2.87. The molecule has 0 fully saturated rings. The van der Waals surface area contributed by atoms with Crippen LogP contribution in [0.4, 0.5) is 0 Å². The minimum absolute atomic E-state index is 0. The Bertz CT molecular complexity index is 702. The van der Waals surface area contributed by atoms with E-state index >= 15 is 0 Å². The molecule has 0 spiro atoms. The van der Waals surface area contributed by atoms with Crippen molar-refractivity contribution in [2.75, 3.05) is 13.2 Å². The van der Waals surface area contributed by atoms with Gasteiger partial charge in [0.2, 0.25) is 0 Å². The number of hydrogen-bond donors (Lipinski definition) is 3. The zero-order chi connectivity index (χ0) is 16.8. The molecule has 1 aliphatic heterocycles. The Hall–Kier alpha value is -1.89. The number of halogens is 1. The molecule has 0 radical (unpaired) electrons. The van der Waals surface area contributed by atoms with Gasteiger partial charge in [-0.2, -0.15) is 5.10 Å². The first kappa shape index (κ1) is 19.4. The Morgan fingerprint density at radius 3 is 2.92 bits per heavy atom. The van der Waals surface area contributed by atoms with Gasteiger partial charge in [0.1, 0.15) is 0 Å². The lowest BCUT2D eigenvalue weighted by Crippen LogP contribution is -2.28. The molecule has 0 saturated carbocycles. The molecule has 3 rings (SSSR count). The smallest absolute Gasteiger partial charge is 0.272 e. The number of amides is 1. The van der Waals surface area contributed by atoms with Gasteiger partial charge in [0, 0.05) is 43.9 Å². The molecule has 3 N–H and O–H groups in total. The van der Waals surface area contributed by atoms with Crippen LogP contribution in [-0.4, -0.2) is 29.3 Å². The van der Waals surface area contributed by atoms with Gasteiger partial charge < -0.3 is 15.4 Å². The molecule has 6 nitrogen and oxygen atoms in total. The van der Waals surface area contributed by atoms with Crippen LogP contribution >= 0.6 is 12.4 Å². The van der Waals surface area contributed by atoms with E-state index < -0.39 is 0 Å². The maximum Gasteiger partial charge on any atom is 0.272 e. The number of nitrogens with zero attached hydrogens (tertiary/aromatic N) is 1. The summed E-state index contributed by atoms with van der Waals surface area (Å²) in [6.45, 7) is 5.48. The lowest BCUT2D eigenvalue weighted by Gasteiger charge is -2.13. The summed E-state index contributed by atoms with van der Waals surface area (Å²) in [5.41, 5.74) is 4.73. The molecule has 0 atom stereocenters. The number of hydrogen-bond acceptors (Lipinski definition) is 4. The van der Waals surface area contributed by atoms with E-state index in [1.54, 1.807) is 0 Å². The molecule has 1 amide bonds. The summed E-state index contributed by atoms with van der Waals surface area (Å²) in [4.78, 5) is 12.5. The molecule has 0 unspecified atom stereocenters. The maximum absolute atomic E-state index is 12.5. The third-order valence-electron chi connectivity index (χ3n) is 4.19. The van der Waals surface area contributed by atoms with E-state index in [9.17, 15) is 4.79 Å². The average Bonchev–Trinajstić information content (AvgIpc) is 3.05. The van der Waals surface area contributed by atoms with Crippen molar-refractivity contribution in [3.8, 4) is 0 Å². The third-order valence-corrected chi connectivity index (χ3v) is 4.19. The molecule has 1 aromatic heterocycles. The summed E-state index contributed by atoms with van der Waals surface area (Å²) in [7, 11) is 0. The van der Waals surface area contributed by atoms with E-state index in [1.807, 2.05) is 24.3 Å². The molecule has 0 aliphatic carbocycles. The fourth-order valence-electron chi connectivity index (χ4n) is 2.87. The standard InChI is InChI=1S/C18H24N4O2.ClH/c1-2-9-24-12-14-6-4-3-5-13(14)10-20-18(23)17-15-11-19-8-7-16(15)21-22-17;/h3-6,19H,2,7-12H2,1H3,(H,20,23)(H,21,22);1H. The summed E-state index contributed by atoms with van der Waals surface area (Å²) in [6, 6.07) is 8.03. The van der Waals surface area contributed by atoms with E-state index in [1.165, 1.54) is 0 Å². The van der Waals surface area contributed by atoms with Crippen molar-refractivity contribution in [3.05, 3.63) is 52.3 Å². The molecular weight excluding hydrogens is 340 g/mol. The van der Waals surface area contributed by atoms with Crippen LogP contribution in [0.1, 0.15) is 46.2 Å². The summed E-state index contributed by atoms with van der Waals surface area (Å²) < 4.78 is 5.62. The second-order valence-corrected chi connectivity index (χ2v) is 5.96. The monoisotopic (exact) mass is 364 g/mol. The zero-order valence-corrected chi connectivity index (χ0v) is 15.2. The van der Waals surface area contributed by atoms with Gasteiger partial charge in [-0.05, 0) is 17.5 Å². The third kappa shape index (κ3) is 4.81. The van der Waals surface area contributed by atoms with Gasteiger partial charge in [-0.25, -0.2) is 0 Å². The molecule has 7 heteroatoms. The van der Waals surface area contributed by atoms with Gasteiger partial charge in [-0.15, -0.1) is 12.4 Å². The van der Waals surface area contributed by atoms with Crippen molar-refractivity contribution < 1.29 is 9.53 Å². The fraction of sp³-hybridized carbons (Fsp3) is 0.444. The maximum atomic E-state index is 12.5. The van der Waals surface area contributed by atoms with E-state index in [-0.39, 0.29) is 18.3 Å². The lowest BCUT2D eigenvalue weighted by molar-refractivity contribution is 0.0943. The van der Waals surface area contributed by atoms with Crippen LogP contribution in [-0.2, 0) is 30.9 Å². The minimum atomic E-state index is -0.138. The van der Waals surface area contributed by atoms with Crippen molar-refractivity contribution in [2.45, 2.75) is 39.5 Å². The van der Waals surface area contributed by atoms with Gasteiger partial charge >= 0.3 is 0 Å². The SMILES string of the molecule is CCCOCc1ccccc1CNC(=O)c1n[nH]c2c1CNCC2.Cl. The number of benzene rings is 1. The molecule has 0 saturated heterocycles. The van der Waals surface area contributed by atoms with Crippen LogP contribution in [0, 0.1) is 0 Å². The van der Waals surface area contributed by atoms with Crippen molar-refractivity contribution in [3.63, 3.8) is 0 Å². The molecule has 2 heterocycles. The summed E-state index contributed by atoms with van der Waals surface area (Å²) in [6.07, 6.45) is 1.88. The number of nitrogens with one attached hydrogen (secondary N) is 3. The second-order valence-electron chi connectivity index (χ2n) is 5.96. The van der Waals surface area contributed by atoms with E-state index in [2.05, 4.69) is 27.8 Å². The summed E-state index contributed by atoms with van der Waals surface area (Å²) in [5.74, 6) is -0.138. The molecule has 2 aromatic rings. The van der Waals surface area contributed by atoms with Crippen LogP contribution in [0.25, 0.3) is 0 Å². The molecule has 25 heavy (non-hydrogen) atoms. The Kier molecular flexibility index (Phi) is 7.43. The van der Waals surface area contributed by atoms with Gasteiger partial charge in [0.05, 0.1) is 6.61 Å². The second kappa shape index (κ2) is 9.56. The number of rotatable bonds is 7. The quantitative estimate of drug-likeness (QED) is 0.659. The van der Waals surface area contributed by atoms with Gasteiger partial charge in [-0.1, -0.05) is 31.2 Å². The predicted octanol–water partition coefficient (Wildman–Crippen LogP) is 2.33. The number of carbonyl (C=O) groups excluding carboxylic acids is 1. The van der Waals surface area contributed by atoms with Crippen LogP contribution in [0.3, 0.4) is 0 Å². The van der Waals surface area contributed by atoms with E-state index in [0.717, 1.165) is 48.4 Å². The van der Waals surface area contributed by atoms with E-state index in [4.69, 9.17) is 4.74 Å². The minimum Gasteiger partial charge on any atom is -0.377 e. The Labute approximate surface area is 154 Å². The number of aromatic nitrogens is 2. The topological polar surface area (TPSA) is 79.0 Å². The van der Waals surface area contributed by atoms with Gasteiger partial charge in [-0.3, -0.25) is 9.89 Å². The molecular formula is C18H25ClN4O2. The number of fused-ring (bicyclic) bond motifs is 1. The normalized spacial score (nSPS) is 13.0. The van der Waals surface area contributed by atoms with Crippen molar-refractivity contribution >= 4 is 18.3 Å². The number of H-pyrrole nitrogens is 1. The highest BCUT2D eigenvalue weighted by Crippen LogP contribution is 2.16. The van der Waals surface area contributed by atoms with Crippen LogP contribution in [0.2, 0.25) is 0 Å². The number of aromatic amines is 1. The van der Waals surface area contributed by atoms with Crippen molar-refractivity contribution in [1.29, 1.82) is 0 Å². The molecule has 1 aromatic carbocycles. The molecule has 1 aliphatic rings. The van der Waals surface area contributed by atoms with Crippen molar-refractivity contribution in [1.82, 2.24) is 20.8 Å². The highest BCUT2D eigenvalue weighted by Gasteiger charge is 2.21. The predicted molar refractivity (Wildman–Crippen MR) is 98.8 cm³/mol. The summed E-state index contributed by atoms with van der Waals surface area (Å²) in [5, 5.41) is 13.4. The first-order chi connectivity index (χ1) is 11.8. The highest BCUT2D eigenvalue weighted by atomic mass is 35.5. The lowest BCUT2D eigenvalue weighted by atomic mass is 10.1. The first-order valence-corrected chi connectivity index (χ1v) is 8.49. The van der Waals surface area contributed by atoms with E-state index in [0.29, 0.717) is 25.4 Å². The van der Waals surface area contributed by atoms with Crippen LogP contribution < -0.4 is 10.6 Å². The number of carbonyl (C=O) groups is 1. The average molecular weight is 365 g/mol. The Morgan fingerprint density at radius 1 is 1.32 bits per heavy atom.